The highest BCUT2D eigenvalue weighted by molar-refractivity contribution is 7.71. The average Bonchev–Trinajstić information content (AvgIpc) is 2.39. The first-order valence-electron chi connectivity index (χ1n) is 3.22. The fourth-order valence-electron chi connectivity index (χ4n) is 0.885. The lowest BCUT2D eigenvalue weighted by Gasteiger charge is -1.91. The van der Waals surface area contributed by atoms with Crippen molar-refractivity contribution in [3.63, 3.8) is 0 Å². The molecule has 0 unspecified atom stereocenters. The van der Waals surface area contributed by atoms with Gasteiger partial charge in [-0.05, 0) is 19.1 Å². The minimum absolute atomic E-state index is 0.243. The third kappa shape index (κ3) is 0.866. The zero-order valence-electron chi connectivity index (χ0n) is 6.16. The van der Waals surface area contributed by atoms with Gasteiger partial charge in [0.25, 0.3) is 5.56 Å². The highest BCUT2D eigenvalue weighted by atomic mass is 32.1. The van der Waals surface area contributed by atoms with Crippen molar-refractivity contribution < 1.29 is 0 Å². The van der Waals surface area contributed by atoms with E-state index in [-0.39, 0.29) is 10.3 Å². The molecule has 0 aliphatic heterocycles. The van der Waals surface area contributed by atoms with Gasteiger partial charge in [-0.25, -0.2) is 5.10 Å². The Morgan fingerprint density at radius 1 is 1.58 bits per heavy atom. The Labute approximate surface area is 71.3 Å². The molecule has 0 atom stereocenters. The first kappa shape index (κ1) is 7.17. The summed E-state index contributed by atoms with van der Waals surface area (Å²) in [5, 5.41) is 8.92. The molecule has 2 rings (SSSR count). The zero-order valence-corrected chi connectivity index (χ0v) is 6.97. The minimum atomic E-state index is -0.243. The van der Waals surface area contributed by atoms with Crippen LogP contribution in [0, 0.1) is 11.7 Å². The molecule has 2 heterocycles. The quantitative estimate of drug-likeness (QED) is 0.553. The van der Waals surface area contributed by atoms with Crippen LogP contribution >= 0.6 is 12.2 Å². The Balaban J connectivity index is 3.10. The number of nitrogens with one attached hydrogen (secondary N) is 2. The second-order valence-corrected chi connectivity index (χ2v) is 2.69. The van der Waals surface area contributed by atoms with E-state index in [1.165, 1.54) is 4.52 Å². The molecule has 62 valence electrons. The number of hydrogen-bond acceptors (Lipinski definition) is 4. The Kier molecular flexibility index (Phi) is 1.34. The molecule has 0 aliphatic carbocycles. The van der Waals surface area contributed by atoms with Crippen LogP contribution in [-0.4, -0.2) is 24.8 Å². The van der Waals surface area contributed by atoms with E-state index >= 15 is 0 Å². The van der Waals surface area contributed by atoms with Gasteiger partial charge in [-0.1, -0.05) is 0 Å². The van der Waals surface area contributed by atoms with Crippen molar-refractivity contribution in [2.24, 2.45) is 0 Å². The largest absolute Gasteiger partial charge is 0.295 e. The van der Waals surface area contributed by atoms with Crippen LogP contribution in [0.5, 0.6) is 0 Å². The number of H-pyrrole nitrogens is 2. The van der Waals surface area contributed by atoms with Crippen molar-refractivity contribution in [3.8, 4) is 0 Å². The molecule has 0 amide bonds. The monoisotopic (exact) mass is 183 g/mol. The van der Waals surface area contributed by atoms with Crippen LogP contribution in [0.25, 0.3) is 5.78 Å². The lowest BCUT2D eigenvalue weighted by atomic mass is 10.5. The summed E-state index contributed by atoms with van der Waals surface area (Å²) in [5.74, 6) is 0.329. The maximum Gasteiger partial charge on any atom is 0.295 e. The van der Waals surface area contributed by atoms with Crippen LogP contribution in [0.1, 0.15) is 5.69 Å². The van der Waals surface area contributed by atoms with Crippen LogP contribution in [-0.2, 0) is 0 Å². The van der Waals surface area contributed by atoms with E-state index in [4.69, 9.17) is 12.2 Å². The maximum absolute atomic E-state index is 11.3. The van der Waals surface area contributed by atoms with Crippen LogP contribution in [0.2, 0.25) is 0 Å². The lowest BCUT2D eigenvalue weighted by Crippen LogP contribution is -2.19. The highest BCUT2D eigenvalue weighted by Crippen LogP contribution is 1.87. The Bertz CT molecular complexity index is 534. The molecule has 0 fully saturated rings. The summed E-state index contributed by atoms with van der Waals surface area (Å²) in [6, 6.07) is 0. The fraction of sp³-hybridized carbons (Fsp3) is 0.200. The topological polar surface area (TPSA) is 78.8 Å². The summed E-state index contributed by atoms with van der Waals surface area (Å²) in [6.07, 6.45) is 0. The van der Waals surface area contributed by atoms with Gasteiger partial charge in [0, 0.05) is 0 Å². The second kappa shape index (κ2) is 2.24. The van der Waals surface area contributed by atoms with E-state index in [1.54, 1.807) is 6.92 Å². The van der Waals surface area contributed by atoms with Crippen LogP contribution < -0.4 is 5.56 Å². The molecule has 2 aromatic rings. The first-order chi connectivity index (χ1) is 5.68. The number of aromatic nitrogens is 5. The zero-order chi connectivity index (χ0) is 8.72. The predicted octanol–water partition coefficient (Wildman–Crippen LogP) is -0.216. The van der Waals surface area contributed by atoms with Crippen molar-refractivity contribution in [2.75, 3.05) is 0 Å². The van der Waals surface area contributed by atoms with Crippen LogP contribution in [0.3, 0.4) is 0 Å². The molecule has 0 aliphatic rings. The van der Waals surface area contributed by atoms with Gasteiger partial charge in [0.05, 0.1) is 0 Å². The van der Waals surface area contributed by atoms with Gasteiger partial charge in [-0.2, -0.15) is 14.6 Å². The van der Waals surface area contributed by atoms with Gasteiger partial charge in [-0.3, -0.25) is 9.89 Å². The molecule has 12 heavy (non-hydrogen) atoms. The van der Waals surface area contributed by atoms with Gasteiger partial charge < -0.3 is 0 Å². The van der Waals surface area contributed by atoms with E-state index < -0.39 is 0 Å². The number of rotatable bonds is 0. The first-order valence-corrected chi connectivity index (χ1v) is 3.63. The molecule has 0 saturated carbocycles. The molecule has 0 radical (unpaired) electrons. The molecule has 0 spiro atoms. The van der Waals surface area contributed by atoms with Gasteiger partial charge >= 0.3 is 0 Å². The SMILES string of the molecule is Cc1n[nH]c2nc(=S)[nH]n2c1=O. The van der Waals surface area contributed by atoms with Crippen molar-refractivity contribution in [2.45, 2.75) is 6.92 Å². The normalized spacial score (nSPS) is 10.8. The van der Waals surface area contributed by atoms with Gasteiger partial charge in [0.15, 0.2) is 0 Å². The van der Waals surface area contributed by atoms with Gasteiger partial charge in [0.2, 0.25) is 10.5 Å². The molecular formula is C5H5N5OS. The van der Waals surface area contributed by atoms with Crippen molar-refractivity contribution in [1.82, 2.24) is 24.8 Å². The molecular weight excluding hydrogens is 178 g/mol. The highest BCUT2D eigenvalue weighted by Gasteiger charge is 2.02. The Morgan fingerprint density at radius 3 is 3.08 bits per heavy atom. The summed E-state index contributed by atoms with van der Waals surface area (Å²) in [5.41, 5.74) is 0.124. The number of fused-ring (bicyclic) bond motifs is 1. The van der Waals surface area contributed by atoms with E-state index in [1.807, 2.05) is 0 Å². The molecule has 2 aromatic heterocycles. The molecule has 2 N–H and O–H groups in total. The number of aromatic amines is 2. The lowest BCUT2D eigenvalue weighted by molar-refractivity contribution is 0.821. The standard InChI is InChI=1S/C5H5N5OS/c1-2-3(11)10-4(8-7-2)6-5(12)9-10/h1H3,(H2,6,8,9,12). The fourth-order valence-corrected chi connectivity index (χ4v) is 1.06. The van der Waals surface area contributed by atoms with Crippen molar-refractivity contribution in [1.29, 1.82) is 0 Å². The maximum atomic E-state index is 11.3. The molecule has 0 saturated heterocycles. The third-order valence-corrected chi connectivity index (χ3v) is 1.65. The minimum Gasteiger partial charge on any atom is -0.265 e. The van der Waals surface area contributed by atoms with Gasteiger partial charge in [0.1, 0.15) is 5.69 Å². The summed E-state index contributed by atoms with van der Waals surface area (Å²) in [6.45, 7) is 1.61. The van der Waals surface area contributed by atoms with E-state index in [0.717, 1.165) is 0 Å². The Hall–Kier alpha value is -1.50. The second-order valence-electron chi connectivity index (χ2n) is 2.30. The summed E-state index contributed by atoms with van der Waals surface area (Å²) >= 11 is 4.74. The van der Waals surface area contributed by atoms with Gasteiger partial charge in [-0.15, -0.1) is 0 Å². The molecule has 0 aromatic carbocycles. The third-order valence-electron chi connectivity index (χ3n) is 1.46. The average molecular weight is 183 g/mol. The number of hydrogen-bond donors (Lipinski definition) is 2. The van der Waals surface area contributed by atoms with Crippen LogP contribution in [0.4, 0.5) is 0 Å². The molecule has 0 bridgehead atoms. The summed E-state index contributed by atoms with van der Waals surface area (Å²) in [4.78, 5) is 15.1. The predicted molar refractivity (Wildman–Crippen MR) is 43.5 cm³/mol. The molecule has 6 nitrogen and oxygen atoms in total. The number of aryl methyl sites for hydroxylation is 1. The summed E-state index contributed by atoms with van der Waals surface area (Å²) < 4.78 is 1.49. The molecule has 7 heteroatoms. The van der Waals surface area contributed by atoms with Crippen LogP contribution in [0.15, 0.2) is 4.79 Å². The Morgan fingerprint density at radius 2 is 2.33 bits per heavy atom. The van der Waals surface area contributed by atoms with Crippen molar-refractivity contribution in [3.05, 3.63) is 20.8 Å². The summed E-state index contributed by atoms with van der Waals surface area (Å²) in [7, 11) is 0. The number of nitrogens with zero attached hydrogens (tertiary/aromatic N) is 3. The smallest absolute Gasteiger partial charge is 0.265 e. The van der Waals surface area contributed by atoms with E-state index in [9.17, 15) is 4.79 Å². The van der Waals surface area contributed by atoms with E-state index in [2.05, 4.69) is 20.3 Å². The van der Waals surface area contributed by atoms with E-state index in [0.29, 0.717) is 11.5 Å². The van der Waals surface area contributed by atoms with Crippen molar-refractivity contribution >= 4 is 18.0 Å².